The van der Waals surface area contributed by atoms with Gasteiger partial charge in [0.05, 0.1) is 0 Å². The third kappa shape index (κ3) is 2.47. The third-order valence-electron chi connectivity index (χ3n) is 3.14. The van der Waals surface area contributed by atoms with Crippen LogP contribution in [0.2, 0.25) is 0 Å². The molecule has 1 atom stereocenters. The molecule has 1 unspecified atom stereocenters. The zero-order valence-electron chi connectivity index (χ0n) is 10.0. The number of rotatable bonds is 3. The van der Waals surface area contributed by atoms with Crippen LogP contribution in [-0.2, 0) is 0 Å². The molecule has 2 heteroatoms. The van der Waals surface area contributed by atoms with Crippen LogP contribution in [0.1, 0.15) is 31.6 Å². The SMILES string of the molecule is CC(C(=O)c1ccccc1N)C1=CCCC=C1.[HH]. The Labute approximate surface area is 103 Å². The van der Waals surface area contributed by atoms with E-state index in [0.717, 1.165) is 18.4 Å². The summed E-state index contributed by atoms with van der Waals surface area (Å²) >= 11 is 0. The number of ketones is 1. The van der Waals surface area contributed by atoms with Crippen molar-refractivity contribution < 1.29 is 6.22 Å². The van der Waals surface area contributed by atoms with Gasteiger partial charge >= 0.3 is 0 Å². The molecule has 1 aliphatic carbocycles. The molecule has 0 radical (unpaired) electrons. The van der Waals surface area contributed by atoms with Crippen LogP contribution >= 0.6 is 0 Å². The molecule has 2 rings (SSSR count). The molecule has 0 spiro atoms. The van der Waals surface area contributed by atoms with Crippen LogP contribution < -0.4 is 5.73 Å². The summed E-state index contributed by atoms with van der Waals surface area (Å²) in [5.41, 5.74) is 8.12. The van der Waals surface area contributed by atoms with E-state index in [1.165, 1.54) is 0 Å². The Kier molecular flexibility index (Phi) is 3.43. The van der Waals surface area contributed by atoms with Crippen molar-refractivity contribution in [1.29, 1.82) is 0 Å². The van der Waals surface area contributed by atoms with Crippen molar-refractivity contribution in [1.82, 2.24) is 0 Å². The van der Waals surface area contributed by atoms with Crippen LogP contribution in [0.4, 0.5) is 5.69 Å². The Bertz CT molecular complexity index is 491. The van der Waals surface area contributed by atoms with E-state index in [1.807, 2.05) is 25.1 Å². The first-order valence-corrected chi connectivity index (χ1v) is 5.95. The number of nitrogens with two attached hydrogens (primary N) is 1. The van der Waals surface area contributed by atoms with Crippen molar-refractivity contribution in [2.45, 2.75) is 19.8 Å². The van der Waals surface area contributed by atoms with Gasteiger partial charge in [-0.1, -0.05) is 37.3 Å². The van der Waals surface area contributed by atoms with Gasteiger partial charge in [-0.25, -0.2) is 0 Å². The number of anilines is 1. The van der Waals surface area contributed by atoms with Gasteiger partial charge in [-0.15, -0.1) is 0 Å². The smallest absolute Gasteiger partial charge is 0.172 e. The summed E-state index contributed by atoms with van der Waals surface area (Å²) in [5.74, 6) is -0.0165. The number of Topliss-reactive ketones (excluding diaryl/α,β-unsaturated/α-hetero) is 1. The maximum absolute atomic E-state index is 12.3. The van der Waals surface area contributed by atoms with Gasteiger partial charge in [-0.05, 0) is 30.5 Å². The summed E-state index contributed by atoms with van der Waals surface area (Å²) in [5, 5.41) is 0. The Hall–Kier alpha value is -1.83. The van der Waals surface area contributed by atoms with Crippen molar-refractivity contribution in [3.05, 3.63) is 53.6 Å². The van der Waals surface area contributed by atoms with E-state index in [-0.39, 0.29) is 13.1 Å². The number of hydrogen-bond donors (Lipinski definition) is 1. The summed E-state index contributed by atoms with van der Waals surface area (Å²) in [4.78, 5) is 12.3. The Morgan fingerprint density at radius 1 is 1.35 bits per heavy atom. The number of allylic oxidation sites excluding steroid dienone is 4. The molecule has 0 saturated carbocycles. The van der Waals surface area contributed by atoms with Gasteiger partial charge < -0.3 is 5.73 Å². The number of benzene rings is 1. The van der Waals surface area contributed by atoms with Crippen molar-refractivity contribution in [2.24, 2.45) is 5.92 Å². The minimum atomic E-state index is -0.115. The minimum absolute atomic E-state index is 0. The number of carbonyl (C=O) groups excluding carboxylic acids is 1. The van der Waals surface area contributed by atoms with E-state index in [0.29, 0.717) is 11.3 Å². The first kappa shape index (κ1) is 11.6. The lowest BCUT2D eigenvalue weighted by atomic mass is 9.88. The molecule has 1 aromatic rings. The van der Waals surface area contributed by atoms with E-state index in [4.69, 9.17) is 5.73 Å². The Morgan fingerprint density at radius 3 is 2.76 bits per heavy atom. The fraction of sp³-hybridized carbons (Fsp3) is 0.267. The summed E-state index contributed by atoms with van der Waals surface area (Å²) in [6, 6.07) is 7.25. The topological polar surface area (TPSA) is 43.1 Å². The Balaban J connectivity index is 0.00000162. The highest BCUT2D eigenvalue weighted by Crippen LogP contribution is 2.24. The minimum Gasteiger partial charge on any atom is -0.398 e. The van der Waals surface area contributed by atoms with Crippen molar-refractivity contribution in [3.8, 4) is 0 Å². The Morgan fingerprint density at radius 2 is 2.12 bits per heavy atom. The van der Waals surface area contributed by atoms with Crippen LogP contribution in [0.5, 0.6) is 0 Å². The molecule has 1 aromatic carbocycles. The van der Waals surface area contributed by atoms with E-state index in [9.17, 15) is 4.79 Å². The monoisotopic (exact) mass is 229 g/mol. The molecule has 0 fully saturated rings. The van der Waals surface area contributed by atoms with Crippen LogP contribution in [0.25, 0.3) is 0 Å². The van der Waals surface area contributed by atoms with E-state index in [2.05, 4.69) is 12.2 Å². The molecule has 0 aliphatic heterocycles. The predicted octanol–water partition coefficient (Wildman–Crippen LogP) is 3.61. The predicted molar refractivity (Wildman–Crippen MR) is 72.9 cm³/mol. The van der Waals surface area contributed by atoms with Gasteiger partial charge in [0.25, 0.3) is 0 Å². The molecule has 0 saturated heterocycles. The molecule has 0 amide bonds. The second-order valence-electron chi connectivity index (χ2n) is 4.36. The molecule has 17 heavy (non-hydrogen) atoms. The zero-order chi connectivity index (χ0) is 12.3. The third-order valence-corrected chi connectivity index (χ3v) is 3.14. The number of para-hydroxylation sites is 1. The van der Waals surface area contributed by atoms with Crippen molar-refractivity contribution >= 4 is 11.5 Å². The van der Waals surface area contributed by atoms with Crippen molar-refractivity contribution in [3.63, 3.8) is 0 Å². The highest BCUT2D eigenvalue weighted by atomic mass is 16.1. The zero-order valence-corrected chi connectivity index (χ0v) is 10.0. The quantitative estimate of drug-likeness (QED) is 0.635. The first-order valence-electron chi connectivity index (χ1n) is 5.95. The molecular formula is C15H19NO. The van der Waals surface area contributed by atoms with Gasteiger partial charge in [0.15, 0.2) is 5.78 Å². The van der Waals surface area contributed by atoms with E-state index >= 15 is 0 Å². The molecule has 0 heterocycles. The van der Waals surface area contributed by atoms with Crippen LogP contribution in [0, 0.1) is 5.92 Å². The summed E-state index contributed by atoms with van der Waals surface area (Å²) in [7, 11) is 0. The van der Waals surface area contributed by atoms with E-state index < -0.39 is 0 Å². The van der Waals surface area contributed by atoms with Gasteiger partial charge in [0.1, 0.15) is 0 Å². The summed E-state index contributed by atoms with van der Waals surface area (Å²) in [6.07, 6.45) is 8.39. The standard InChI is InChI=1S/C15H17NO.H2/c1-11(12-7-3-2-4-8-12)15(17)13-9-5-6-10-14(13)16;/h3,5-11H,2,4,16H2,1H3;1H. The number of carbonyl (C=O) groups is 1. The lowest BCUT2D eigenvalue weighted by Crippen LogP contribution is -2.15. The van der Waals surface area contributed by atoms with Gasteiger partial charge in [-0.3, -0.25) is 4.79 Å². The summed E-state index contributed by atoms with van der Waals surface area (Å²) in [6.45, 7) is 1.94. The number of hydrogen-bond acceptors (Lipinski definition) is 2. The highest BCUT2D eigenvalue weighted by Gasteiger charge is 2.20. The lowest BCUT2D eigenvalue weighted by Gasteiger charge is -2.15. The molecule has 1 aliphatic rings. The molecule has 0 bridgehead atoms. The average Bonchev–Trinajstić information content (AvgIpc) is 2.39. The fourth-order valence-electron chi connectivity index (χ4n) is 2.06. The van der Waals surface area contributed by atoms with Crippen LogP contribution in [-0.4, -0.2) is 5.78 Å². The molecule has 0 aromatic heterocycles. The van der Waals surface area contributed by atoms with Crippen LogP contribution in [0.3, 0.4) is 0 Å². The molecule has 2 N–H and O–H groups in total. The van der Waals surface area contributed by atoms with Gasteiger partial charge in [0.2, 0.25) is 0 Å². The maximum atomic E-state index is 12.3. The molecule has 2 nitrogen and oxygen atoms in total. The first-order chi connectivity index (χ1) is 8.20. The van der Waals surface area contributed by atoms with Gasteiger partial charge in [-0.2, -0.15) is 0 Å². The lowest BCUT2D eigenvalue weighted by molar-refractivity contribution is 0.0950. The molecular weight excluding hydrogens is 210 g/mol. The van der Waals surface area contributed by atoms with Crippen molar-refractivity contribution in [2.75, 3.05) is 5.73 Å². The normalized spacial score (nSPS) is 16.4. The number of nitrogen functional groups attached to an aromatic ring is 1. The van der Waals surface area contributed by atoms with E-state index in [1.54, 1.807) is 12.1 Å². The average molecular weight is 229 g/mol. The molecule has 90 valence electrons. The summed E-state index contributed by atoms with van der Waals surface area (Å²) < 4.78 is 0. The maximum Gasteiger partial charge on any atom is 0.172 e. The second-order valence-corrected chi connectivity index (χ2v) is 4.36. The second kappa shape index (κ2) is 5.00. The fourth-order valence-corrected chi connectivity index (χ4v) is 2.06. The van der Waals surface area contributed by atoms with Crippen LogP contribution in [0.15, 0.2) is 48.1 Å². The highest BCUT2D eigenvalue weighted by molar-refractivity contribution is 6.03. The largest absolute Gasteiger partial charge is 0.398 e. The van der Waals surface area contributed by atoms with Gasteiger partial charge in [0, 0.05) is 18.6 Å².